The van der Waals surface area contributed by atoms with Crippen LogP contribution in [0.3, 0.4) is 0 Å². The maximum atomic E-state index is 2.34. The third kappa shape index (κ3) is 8.78. The number of benzene rings is 2. The number of rotatable bonds is 16. The zero-order valence-electron chi connectivity index (χ0n) is 21.1. The molecule has 0 nitrogen and oxygen atoms in total. The third-order valence-corrected chi connectivity index (χ3v) is 7.57. The monoisotopic (exact) mass is 460 g/mol. The molecule has 0 aliphatic heterocycles. The van der Waals surface area contributed by atoms with Crippen LogP contribution < -0.4 is 0 Å². The van der Waals surface area contributed by atoms with Crippen molar-refractivity contribution < 1.29 is 0 Å². The van der Waals surface area contributed by atoms with Gasteiger partial charge in [-0.3, -0.25) is 0 Å². The molecule has 0 N–H and O–H groups in total. The Morgan fingerprint density at radius 2 is 0.818 bits per heavy atom. The number of hydrogen-bond acceptors (Lipinski definition) is 1. The summed E-state index contributed by atoms with van der Waals surface area (Å²) in [7, 11) is 0. The van der Waals surface area contributed by atoms with Gasteiger partial charge in [-0.15, -0.1) is 0 Å². The van der Waals surface area contributed by atoms with E-state index in [-0.39, 0.29) is 0 Å². The lowest BCUT2D eigenvalue weighted by atomic mass is 9.96. The first kappa shape index (κ1) is 25.8. The van der Waals surface area contributed by atoms with Crippen molar-refractivity contribution in [3.63, 3.8) is 0 Å². The molecule has 0 aliphatic carbocycles. The van der Waals surface area contributed by atoms with Crippen molar-refractivity contribution in [2.24, 2.45) is 0 Å². The highest BCUT2D eigenvalue weighted by atomic mass is 32.1. The molecule has 178 valence electrons. The molecule has 0 aliphatic rings. The quantitative estimate of drug-likeness (QED) is 0.186. The van der Waals surface area contributed by atoms with E-state index in [0.717, 1.165) is 0 Å². The van der Waals surface area contributed by atoms with Crippen LogP contribution in [-0.2, 0) is 12.8 Å². The summed E-state index contributed by atoms with van der Waals surface area (Å²) in [5.74, 6) is 0. The number of thiophene rings is 1. The molecule has 0 unspecified atom stereocenters. The topological polar surface area (TPSA) is 0 Å². The van der Waals surface area contributed by atoms with E-state index in [2.05, 4.69) is 73.1 Å². The molecular formula is C32H44S. The fraction of sp³-hybridized carbons (Fsp3) is 0.500. The molecule has 1 aromatic heterocycles. The molecule has 0 saturated heterocycles. The first-order valence-electron chi connectivity index (χ1n) is 13.6. The molecule has 0 amide bonds. The van der Waals surface area contributed by atoms with Gasteiger partial charge in [0.2, 0.25) is 0 Å². The van der Waals surface area contributed by atoms with Crippen LogP contribution in [0.2, 0.25) is 0 Å². The molecule has 0 saturated carbocycles. The van der Waals surface area contributed by atoms with Crippen molar-refractivity contribution in [2.45, 2.75) is 104 Å². The number of unbranched alkanes of at least 4 members (excludes halogenated alkanes) is 10. The van der Waals surface area contributed by atoms with Crippen LogP contribution in [-0.4, -0.2) is 0 Å². The Balaban J connectivity index is 1.52. The lowest BCUT2D eigenvalue weighted by molar-refractivity contribution is 0.607. The van der Waals surface area contributed by atoms with Crippen molar-refractivity contribution in [1.82, 2.24) is 0 Å². The standard InChI is InChI=1S/C32H44S/c1-3-5-7-9-11-13-15-27-17-21-29(22-18-27)31-25-33-26-32(31)30-23-19-28(20-24-30)16-14-12-10-8-6-4-2/h17-26H,3-16H2,1-2H3. The van der Waals surface area contributed by atoms with Crippen LogP contribution in [0.1, 0.15) is 102 Å². The molecule has 2 aromatic carbocycles. The van der Waals surface area contributed by atoms with Gasteiger partial charge >= 0.3 is 0 Å². The van der Waals surface area contributed by atoms with Gasteiger partial charge in [0, 0.05) is 11.1 Å². The average Bonchev–Trinajstić information content (AvgIpc) is 3.34. The van der Waals surface area contributed by atoms with Crippen LogP contribution in [0.25, 0.3) is 22.3 Å². The summed E-state index contributed by atoms with van der Waals surface area (Å²) in [4.78, 5) is 0. The molecule has 1 heteroatoms. The van der Waals surface area contributed by atoms with Crippen LogP contribution in [0.5, 0.6) is 0 Å². The lowest BCUT2D eigenvalue weighted by Crippen LogP contribution is -1.88. The van der Waals surface area contributed by atoms with Crippen LogP contribution in [0.15, 0.2) is 59.3 Å². The van der Waals surface area contributed by atoms with E-state index in [1.165, 1.54) is 123 Å². The van der Waals surface area contributed by atoms with Crippen molar-refractivity contribution in [3.8, 4) is 22.3 Å². The molecule has 1 heterocycles. The summed E-state index contributed by atoms with van der Waals surface area (Å²) in [6.45, 7) is 4.57. The highest BCUT2D eigenvalue weighted by Gasteiger charge is 2.09. The van der Waals surface area contributed by atoms with E-state index < -0.39 is 0 Å². The third-order valence-electron chi connectivity index (χ3n) is 6.83. The summed E-state index contributed by atoms with van der Waals surface area (Å²) < 4.78 is 0. The minimum atomic E-state index is 1.21. The van der Waals surface area contributed by atoms with E-state index in [1.807, 2.05) is 11.3 Å². The van der Waals surface area contributed by atoms with Gasteiger partial charge in [0.1, 0.15) is 0 Å². The van der Waals surface area contributed by atoms with Crippen molar-refractivity contribution >= 4 is 11.3 Å². The summed E-state index contributed by atoms with van der Waals surface area (Å²) in [6.07, 6.45) is 18.8. The highest BCUT2D eigenvalue weighted by Crippen LogP contribution is 2.35. The maximum absolute atomic E-state index is 2.34. The van der Waals surface area contributed by atoms with Gasteiger partial charge in [0.05, 0.1) is 0 Å². The Morgan fingerprint density at radius 3 is 1.21 bits per heavy atom. The predicted octanol–water partition coefficient (Wildman–Crippen LogP) is 10.9. The second-order valence-electron chi connectivity index (χ2n) is 9.63. The van der Waals surface area contributed by atoms with E-state index in [1.54, 1.807) is 0 Å². The average molecular weight is 461 g/mol. The Hall–Kier alpha value is -1.86. The van der Waals surface area contributed by atoms with Crippen LogP contribution in [0.4, 0.5) is 0 Å². The minimum absolute atomic E-state index is 1.21. The molecule has 3 aromatic rings. The predicted molar refractivity (Wildman–Crippen MR) is 149 cm³/mol. The normalized spacial score (nSPS) is 11.2. The fourth-order valence-corrected chi connectivity index (χ4v) is 5.53. The molecular weight excluding hydrogens is 416 g/mol. The fourth-order valence-electron chi connectivity index (χ4n) is 4.67. The van der Waals surface area contributed by atoms with Gasteiger partial charge in [-0.2, -0.15) is 11.3 Å². The van der Waals surface area contributed by atoms with Gasteiger partial charge in [-0.05, 0) is 58.7 Å². The molecule has 0 radical (unpaired) electrons. The van der Waals surface area contributed by atoms with Crippen molar-refractivity contribution in [1.29, 1.82) is 0 Å². The zero-order valence-corrected chi connectivity index (χ0v) is 21.9. The van der Waals surface area contributed by atoms with Crippen LogP contribution >= 0.6 is 11.3 Å². The van der Waals surface area contributed by atoms with Gasteiger partial charge < -0.3 is 0 Å². The van der Waals surface area contributed by atoms with E-state index in [4.69, 9.17) is 0 Å². The second kappa shape index (κ2) is 15.1. The van der Waals surface area contributed by atoms with Gasteiger partial charge in [0.25, 0.3) is 0 Å². The van der Waals surface area contributed by atoms with E-state index in [9.17, 15) is 0 Å². The minimum Gasteiger partial charge on any atom is -0.151 e. The van der Waals surface area contributed by atoms with E-state index >= 15 is 0 Å². The number of aryl methyl sites for hydroxylation is 2. The van der Waals surface area contributed by atoms with Gasteiger partial charge in [-0.25, -0.2) is 0 Å². The van der Waals surface area contributed by atoms with Crippen molar-refractivity contribution in [2.75, 3.05) is 0 Å². The molecule has 3 rings (SSSR count). The molecule has 0 bridgehead atoms. The summed E-state index contributed by atoms with van der Waals surface area (Å²) in [5, 5.41) is 4.62. The van der Waals surface area contributed by atoms with Crippen molar-refractivity contribution in [3.05, 3.63) is 70.4 Å². The van der Waals surface area contributed by atoms with Crippen LogP contribution in [0, 0.1) is 0 Å². The Bertz CT molecular complexity index is 811. The Kier molecular flexibility index (Phi) is 11.8. The zero-order chi connectivity index (χ0) is 23.1. The lowest BCUT2D eigenvalue weighted by Gasteiger charge is -2.08. The molecule has 0 atom stereocenters. The summed E-state index contributed by atoms with van der Waals surface area (Å²) in [5.41, 5.74) is 8.38. The first-order chi connectivity index (χ1) is 16.3. The van der Waals surface area contributed by atoms with Gasteiger partial charge in [-0.1, -0.05) is 127 Å². The highest BCUT2D eigenvalue weighted by molar-refractivity contribution is 7.08. The molecule has 33 heavy (non-hydrogen) atoms. The SMILES string of the molecule is CCCCCCCCc1ccc(-c2cscc2-c2ccc(CCCCCCCC)cc2)cc1. The molecule has 0 fully saturated rings. The van der Waals surface area contributed by atoms with E-state index in [0.29, 0.717) is 0 Å². The Labute approximate surface area is 207 Å². The second-order valence-corrected chi connectivity index (χ2v) is 10.4. The largest absolute Gasteiger partial charge is 0.151 e. The summed E-state index contributed by atoms with van der Waals surface area (Å²) in [6, 6.07) is 18.7. The smallest absolute Gasteiger partial charge is 0.000184 e. The maximum Gasteiger partial charge on any atom is 0.000184 e. The van der Waals surface area contributed by atoms with Gasteiger partial charge in [0.15, 0.2) is 0 Å². The Morgan fingerprint density at radius 1 is 0.455 bits per heavy atom. The molecule has 0 spiro atoms. The summed E-state index contributed by atoms with van der Waals surface area (Å²) >= 11 is 1.81. The first-order valence-corrected chi connectivity index (χ1v) is 14.5. The number of hydrogen-bond donors (Lipinski definition) is 0.